The van der Waals surface area contributed by atoms with E-state index in [1.54, 1.807) is 30.5 Å². The Kier molecular flexibility index (Phi) is 7.69. The summed E-state index contributed by atoms with van der Waals surface area (Å²) >= 11 is 0. The summed E-state index contributed by atoms with van der Waals surface area (Å²) in [6.07, 6.45) is 5.94. The average Bonchev–Trinajstić information content (AvgIpc) is 3.34. The second-order valence-corrected chi connectivity index (χ2v) is 12.3. The van der Waals surface area contributed by atoms with Crippen LogP contribution in [0, 0.1) is 0 Å². The Balaban J connectivity index is 1.46. The molecule has 0 N–H and O–H groups in total. The third kappa shape index (κ3) is 5.17. The van der Waals surface area contributed by atoms with Gasteiger partial charge < -0.3 is 4.74 Å². The summed E-state index contributed by atoms with van der Waals surface area (Å²) in [5, 5.41) is 1.85. The smallest absolute Gasteiger partial charge is 0.269 e. The van der Waals surface area contributed by atoms with Crippen molar-refractivity contribution in [2.75, 3.05) is 26.3 Å². The highest BCUT2D eigenvalue weighted by Crippen LogP contribution is 2.36. The third-order valence-corrected chi connectivity index (χ3v) is 9.54. The fraction of sp³-hybridized carbons (Fsp3) is 0.303. The topological polar surface area (TPSA) is 64.4 Å². The standard InChI is InChI=1S/C33H35N3O3S/c1-2-3-5-8-27-17-18-34-33-32(27)30-23-28(26-13-11-25(12-14-26)24-35-19-21-39-22-20-35)15-16-31(30)36(33)40(37,38)29-9-6-4-7-10-29/h4,6-7,9-18,23H,2-3,5,8,19-22,24H2,1H3. The second-order valence-electron chi connectivity index (χ2n) is 10.5. The lowest BCUT2D eigenvalue weighted by Gasteiger charge is -2.26. The lowest BCUT2D eigenvalue weighted by Crippen LogP contribution is -2.35. The van der Waals surface area contributed by atoms with Gasteiger partial charge in [-0.15, -0.1) is 0 Å². The molecule has 0 saturated carbocycles. The molecule has 206 valence electrons. The van der Waals surface area contributed by atoms with Crippen molar-refractivity contribution in [3.8, 4) is 11.1 Å². The van der Waals surface area contributed by atoms with Gasteiger partial charge in [0.05, 0.1) is 23.6 Å². The Labute approximate surface area is 236 Å². The minimum Gasteiger partial charge on any atom is -0.379 e. The number of unbranched alkanes of at least 4 members (excludes halogenated alkanes) is 2. The molecule has 1 saturated heterocycles. The molecule has 5 aromatic rings. The zero-order valence-electron chi connectivity index (χ0n) is 22.9. The molecule has 0 amide bonds. The minimum atomic E-state index is -3.85. The monoisotopic (exact) mass is 553 g/mol. The number of hydrogen-bond donors (Lipinski definition) is 0. The van der Waals surface area contributed by atoms with Gasteiger partial charge in [0, 0.05) is 36.6 Å². The van der Waals surface area contributed by atoms with Crippen LogP contribution in [0.25, 0.3) is 33.1 Å². The molecule has 2 aromatic heterocycles. The second kappa shape index (κ2) is 11.5. The predicted octanol–water partition coefficient (Wildman–Crippen LogP) is 6.66. The summed E-state index contributed by atoms with van der Waals surface area (Å²) in [7, 11) is -3.85. The molecule has 3 aromatic carbocycles. The number of benzene rings is 3. The van der Waals surface area contributed by atoms with Gasteiger partial charge in [0.15, 0.2) is 5.65 Å². The van der Waals surface area contributed by atoms with Gasteiger partial charge in [-0.1, -0.05) is 68.3 Å². The maximum atomic E-state index is 14.0. The van der Waals surface area contributed by atoms with Gasteiger partial charge in [-0.2, -0.15) is 0 Å². The number of hydrogen-bond acceptors (Lipinski definition) is 5. The summed E-state index contributed by atoms with van der Waals surface area (Å²) < 4.78 is 34.8. The molecule has 7 heteroatoms. The molecule has 0 bridgehead atoms. The zero-order chi connectivity index (χ0) is 27.5. The van der Waals surface area contributed by atoms with E-state index in [2.05, 4.69) is 47.1 Å². The van der Waals surface area contributed by atoms with Crippen LogP contribution in [0.1, 0.15) is 37.3 Å². The van der Waals surface area contributed by atoms with Gasteiger partial charge in [-0.3, -0.25) is 4.90 Å². The molecule has 1 fully saturated rings. The molecule has 40 heavy (non-hydrogen) atoms. The van der Waals surface area contributed by atoms with Crippen molar-refractivity contribution in [3.05, 3.63) is 96.2 Å². The minimum absolute atomic E-state index is 0.256. The van der Waals surface area contributed by atoms with Gasteiger partial charge in [0.25, 0.3) is 10.0 Å². The molecule has 6 rings (SSSR count). The molecular weight excluding hydrogens is 518 g/mol. The number of ether oxygens (including phenoxy) is 1. The SMILES string of the molecule is CCCCCc1ccnc2c1c1cc(-c3ccc(CN4CCOCC4)cc3)ccc1n2S(=O)(=O)c1ccccc1. The lowest BCUT2D eigenvalue weighted by atomic mass is 9.99. The first-order valence-electron chi connectivity index (χ1n) is 14.2. The van der Waals surface area contributed by atoms with Crippen molar-refractivity contribution in [2.24, 2.45) is 0 Å². The molecule has 3 heterocycles. The Morgan fingerprint density at radius 1 is 0.875 bits per heavy atom. The molecule has 6 nitrogen and oxygen atoms in total. The Bertz CT molecular complexity index is 1720. The largest absolute Gasteiger partial charge is 0.379 e. The van der Waals surface area contributed by atoms with E-state index < -0.39 is 10.0 Å². The van der Waals surface area contributed by atoms with Crippen LogP contribution in [0.15, 0.2) is 90.0 Å². The molecule has 0 atom stereocenters. The van der Waals surface area contributed by atoms with E-state index in [4.69, 9.17) is 4.74 Å². The molecule has 0 spiro atoms. The van der Waals surface area contributed by atoms with E-state index in [0.717, 1.165) is 86.0 Å². The summed E-state index contributed by atoms with van der Waals surface area (Å²) in [5.41, 5.74) is 5.73. The van der Waals surface area contributed by atoms with Crippen LogP contribution in [0.2, 0.25) is 0 Å². The van der Waals surface area contributed by atoms with Gasteiger partial charge in [0.2, 0.25) is 0 Å². The van der Waals surface area contributed by atoms with Crippen LogP contribution in [0.5, 0.6) is 0 Å². The van der Waals surface area contributed by atoms with Crippen LogP contribution < -0.4 is 0 Å². The van der Waals surface area contributed by atoms with Crippen LogP contribution in [-0.4, -0.2) is 48.6 Å². The molecule has 0 aliphatic carbocycles. The van der Waals surface area contributed by atoms with Crippen molar-refractivity contribution < 1.29 is 13.2 Å². The Hall–Kier alpha value is -3.52. The first kappa shape index (κ1) is 26.7. The molecule has 1 aliphatic heterocycles. The number of fused-ring (bicyclic) bond motifs is 3. The fourth-order valence-corrected chi connectivity index (χ4v) is 7.17. The van der Waals surface area contributed by atoms with Gasteiger partial charge in [0.1, 0.15) is 0 Å². The molecule has 1 aliphatic rings. The number of rotatable bonds is 9. The molecule has 0 radical (unpaired) electrons. The quantitative estimate of drug-likeness (QED) is 0.191. The van der Waals surface area contributed by atoms with E-state index in [1.807, 2.05) is 24.3 Å². The van der Waals surface area contributed by atoms with Crippen LogP contribution in [0.3, 0.4) is 0 Å². The lowest BCUT2D eigenvalue weighted by molar-refractivity contribution is 0.0342. The zero-order valence-corrected chi connectivity index (χ0v) is 23.7. The van der Waals surface area contributed by atoms with Crippen molar-refractivity contribution >= 4 is 32.0 Å². The number of pyridine rings is 1. The average molecular weight is 554 g/mol. The van der Waals surface area contributed by atoms with E-state index >= 15 is 0 Å². The van der Waals surface area contributed by atoms with Crippen molar-refractivity contribution in [2.45, 2.75) is 44.0 Å². The summed E-state index contributed by atoms with van der Waals surface area (Å²) in [6.45, 7) is 6.62. The van der Waals surface area contributed by atoms with E-state index in [-0.39, 0.29) is 4.90 Å². The van der Waals surface area contributed by atoms with Crippen LogP contribution in [-0.2, 0) is 27.7 Å². The van der Waals surface area contributed by atoms with E-state index in [0.29, 0.717) is 11.2 Å². The number of morpholine rings is 1. The van der Waals surface area contributed by atoms with E-state index in [9.17, 15) is 8.42 Å². The Morgan fingerprint density at radius 3 is 2.38 bits per heavy atom. The maximum Gasteiger partial charge on any atom is 0.269 e. The summed E-state index contributed by atoms with van der Waals surface area (Å²) in [4.78, 5) is 7.31. The summed E-state index contributed by atoms with van der Waals surface area (Å²) in [5.74, 6) is 0. The summed E-state index contributed by atoms with van der Waals surface area (Å²) in [6, 6.07) is 25.5. The van der Waals surface area contributed by atoms with Gasteiger partial charge >= 0.3 is 0 Å². The molecule has 0 unspecified atom stereocenters. The van der Waals surface area contributed by atoms with Crippen LogP contribution in [0.4, 0.5) is 0 Å². The van der Waals surface area contributed by atoms with E-state index in [1.165, 1.54) is 9.54 Å². The van der Waals surface area contributed by atoms with Crippen molar-refractivity contribution in [1.82, 2.24) is 13.9 Å². The number of nitrogens with zero attached hydrogens (tertiary/aromatic N) is 3. The highest BCUT2D eigenvalue weighted by atomic mass is 32.2. The first-order chi connectivity index (χ1) is 19.6. The van der Waals surface area contributed by atoms with Crippen molar-refractivity contribution in [1.29, 1.82) is 0 Å². The highest BCUT2D eigenvalue weighted by molar-refractivity contribution is 7.90. The highest BCUT2D eigenvalue weighted by Gasteiger charge is 2.25. The van der Waals surface area contributed by atoms with Gasteiger partial charge in [-0.05, 0) is 65.4 Å². The third-order valence-electron chi connectivity index (χ3n) is 7.82. The normalized spacial score (nSPS) is 14.7. The first-order valence-corrected chi connectivity index (χ1v) is 15.6. The fourth-order valence-electron chi connectivity index (χ4n) is 5.68. The number of aromatic nitrogens is 2. The number of aryl methyl sites for hydroxylation is 1. The van der Waals surface area contributed by atoms with Gasteiger partial charge in [-0.25, -0.2) is 17.4 Å². The molecular formula is C33H35N3O3S. The predicted molar refractivity (Wildman–Crippen MR) is 161 cm³/mol. The maximum absolute atomic E-state index is 14.0. The van der Waals surface area contributed by atoms with Crippen LogP contribution >= 0.6 is 0 Å². The van der Waals surface area contributed by atoms with Crippen molar-refractivity contribution in [3.63, 3.8) is 0 Å². The Morgan fingerprint density at radius 2 is 1.62 bits per heavy atom.